The number of rotatable bonds is 4. The highest BCUT2D eigenvalue weighted by atomic mass is 16.7. The number of ether oxygens (including phenoxy) is 1. The van der Waals surface area contributed by atoms with Crippen molar-refractivity contribution >= 4 is 11.7 Å². The summed E-state index contributed by atoms with van der Waals surface area (Å²) in [5.74, 6) is 0. The van der Waals surface area contributed by atoms with Crippen LogP contribution in [-0.4, -0.2) is 41.9 Å². The Balaban J connectivity index is 1.47. The van der Waals surface area contributed by atoms with Crippen molar-refractivity contribution in [2.24, 2.45) is 0 Å². The van der Waals surface area contributed by atoms with Crippen molar-refractivity contribution in [1.82, 2.24) is 4.90 Å². The van der Waals surface area contributed by atoms with Gasteiger partial charge in [-0.05, 0) is 53.6 Å². The van der Waals surface area contributed by atoms with E-state index in [1.165, 1.54) is 27.8 Å². The van der Waals surface area contributed by atoms with E-state index in [-0.39, 0.29) is 6.10 Å². The van der Waals surface area contributed by atoms with E-state index < -0.39 is 6.16 Å². The van der Waals surface area contributed by atoms with Crippen LogP contribution in [0.1, 0.15) is 30.4 Å². The number of hydrogen-bond acceptors (Lipinski definition) is 3. The number of nitrogens with zero attached hydrogens (tertiary/aromatic N) is 1. The number of hydrogen-bond donors (Lipinski definition) is 1. The topological polar surface area (TPSA) is 49.8 Å². The maximum Gasteiger partial charge on any atom is 0.506 e. The summed E-state index contributed by atoms with van der Waals surface area (Å²) in [5.41, 5.74) is 6.54. The van der Waals surface area contributed by atoms with E-state index in [4.69, 9.17) is 9.84 Å². The molecule has 26 heavy (non-hydrogen) atoms. The molecule has 1 saturated heterocycles. The van der Waals surface area contributed by atoms with Crippen LogP contribution in [-0.2, 0) is 4.74 Å². The van der Waals surface area contributed by atoms with Gasteiger partial charge < -0.3 is 9.84 Å². The molecule has 1 heterocycles. The zero-order valence-corrected chi connectivity index (χ0v) is 14.7. The predicted molar refractivity (Wildman–Crippen MR) is 102 cm³/mol. The molecule has 4 nitrogen and oxygen atoms in total. The summed E-state index contributed by atoms with van der Waals surface area (Å²) in [5, 5.41) is 8.81. The van der Waals surface area contributed by atoms with Gasteiger partial charge in [0.2, 0.25) is 0 Å². The van der Waals surface area contributed by atoms with Gasteiger partial charge in [0.05, 0.1) is 0 Å². The number of fused-ring (bicyclic) bond motifs is 3. The van der Waals surface area contributed by atoms with Gasteiger partial charge in [-0.1, -0.05) is 54.6 Å². The fraction of sp³-hybridized carbons (Fsp3) is 0.318. The van der Waals surface area contributed by atoms with Crippen LogP contribution in [0.3, 0.4) is 0 Å². The van der Waals surface area contributed by atoms with Crippen LogP contribution in [0.2, 0.25) is 0 Å². The van der Waals surface area contributed by atoms with E-state index >= 15 is 0 Å². The second-order valence-corrected chi connectivity index (χ2v) is 6.95. The summed E-state index contributed by atoms with van der Waals surface area (Å²) < 4.78 is 4.95. The first-order valence-corrected chi connectivity index (χ1v) is 9.23. The summed E-state index contributed by atoms with van der Waals surface area (Å²) in [7, 11) is 0. The standard InChI is InChI=1S/C22H23NO3/c24-22(25)26-16-7-5-13-23(15-16)14-6-12-21-19-10-3-1-8-17(19)18-9-2-4-11-20(18)21/h1-4,8-12,16H,5-7,13-15H2,(H,24,25)/t16-/m1/s1. The van der Waals surface area contributed by atoms with Gasteiger partial charge in [0, 0.05) is 13.1 Å². The van der Waals surface area contributed by atoms with Gasteiger partial charge in [-0.15, -0.1) is 0 Å². The van der Waals surface area contributed by atoms with Gasteiger partial charge in [0.15, 0.2) is 0 Å². The molecule has 2 aromatic carbocycles. The van der Waals surface area contributed by atoms with Crippen LogP contribution in [0.15, 0.2) is 54.6 Å². The van der Waals surface area contributed by atoms with Crippen molar-refractivity contribution in [1.29, 1.82) is 0 Å². The van der Waals surface area contributed by atoms with Crippen LogP contribution in [0.5, 0.6) is 0 Å². The average molecular weight is 349 g/mol. The lowest BCUT2D eigenvalue weighted by Crippen LogP contribution is -2.40. The van der Waals surface area contributed by atoms with E-state index in [0.717, 1.165) is 32.4 Å². The van der Waals surface area contributed by atoms with E-state index in [9.17, 15) is 4.79 Å². The molecule has 2 aliphatic rings. The monoisotopic (exact) mass is 349 g/mol. The third-order valence-electron chi connectivity index (χ3n) is 5.25. The Hall–Kier alpha value is -2.59. The van der Waals surface area contributed by atoms with Gasteiger partial charge in [-0.3, -0.25) is 4.90 Å². The SMILES string of the molecule is O=C(O)O[C@@H]1CCCN(CCC=C2c3ccccc3-c3ccccc32)C1. The van der Waals surface area contributed by atoms with Crippen LogP contribution in [0, 0.1) is 0 Å². The minimum Gasteiger partial charge on any atom is -0.450 e. The van der Waals surface area contributed by atoms with Gasteiger partial charge in [0.1, 0.15) is 6.10 Å². The van der Waals surface area contributed by atoms with Crippen molar-refractivity contribution < 1.29 is 14.6 Å². The van der Waals surface area contributed by atoms with Crippen molar-refractivity contribution in [2.75, 3.05) is 19.6 Å². The Morgan fingerprint density at radius 2 is 1.69 bits per heavy atom. The largest absolute Gasteiger partial charge is 0.506 e. The molecule has 1 N–H and O–H groups in total. The molecule has 0 aromatic heterocycles. The lowest BCUT2D eigenvalue weighted by molar-refractivity contribution is 0.0140. The van der Waals surface area contributed by atoms with E-state index in [1.807, 2.05) is 0 Å². The van der Waals surface area contributed by atoms with Crippen LogP contribution in [0.4, 0.5) is 4.79 Å². The Morgan fingerprint density at radius 1 is 1.08 bits per heavy atom. The molecule has 1 aliphatic carbocycles. The molecule has 4 heteroatoms. The van der Waals surface area contributed by atoms with Crippen LogP contribution < -0.4 is 0 Å². The third kappa shape index (κ3) is 3.37. The quantitative estimate of drug-likeness (QED) is 0.697. The fourth-order valence-electron chi connectivity index (χ4n) is 4.12. The first-order chi connectivity index (χ1) is 12.7. The van der Waals surface area contributed by atoms with Gasteiger partial charge in [-0.25, -0.2) is 4.79 Å². The van der Waals surface area contributed by atoms with Crippen molar-refractivity contribution in [3.05, 3.63) is 65.7 Å². The van der Waals surface area contributed by atoms with Gasteiger partial charge >= 0.3 is 6.16 Å². The van der Waals surface area contributed by atoms with E-state index in [0.29, 0.717) is 6.54 Å². The molecule has 0 radical (unpaired) electrons. The zero-order chi connectivity index (χ0) is 17.9. The molecule has 0 spiro atoms. The highest BCUT2D eigenvalue weighted by Gasteiger charge is 2.24. The molecule has 0 bridgehead atoms. The number of piperidine rings is 1. The summed E-state index contributed by atoms with van der Waals surface area (Å²) >= 11 is 0. The highest BCUT2D eigenvalue weighted by molar-refractivity contribution is 6.01. The lowest BCUT2D eigenvalue weighted by Gasteiger charge is -2.31. The molecule has 1 atom stereocenters. The van der Waals surface area contributed by atoms with Crippen molar-refractivity contribution in [2.45, 2.75) is 25.4 Å². The van der Waals surface area contributed by atoms with Crippen LogP contribution in [0.25, 0.3) is 16.7 Å². The Labute approximate surface area is 153 Å². The molecule has 1 fully saturated rings. The van der Waals surface area contributed by atoms with Crippen molar-refractivity contribution in [3.63, 3.8) is 0 Å². The fourth-order valence-corrected chi connectivity index (χ4v) is 4.12. The van der Waals surface area contributed by atoms with E-state index in [2.05, 4.69) is 59.5 Å². The molecule has 0 amide bonds. The van der Waals surface area contributed by atoms with E-state index in [1.54, 1.807) is 0 Å². The molecule has 0 saturated carbocycles. The number of likely N-dealkylation sites (tertiary alicyclic amines) is 1. The maximum atomic E-state index is 10.7. The van der Waals surface area contributed by atoms with Crippen molar-refractivity contribution in [3.8, 4) is 11.1 Å². The summed E-state index contributed by atoms with van der Waals surface area (Å²) in [6.07, 6.45) is 3.72. The Bertz CT molecular complexity index is 795. The molecular formula is C22H23NO3. The Kier molecular flexibility index (Phi) is 4.76. The minimum atomic E-state index is -1.17. The molecule has 134 valence electrons. The second kappa shape index (κ2) is 7.34. The van der Waals surface area contributed by atoms with Gasteiger partial charge in [0.25, 0.3) is 0 Å². The van der Waals surface area contributed by atoms with Gasteiger partial charge in [-0.2, -0.15) is 0 Å². The number of carboxylic acid groups (broad SMARTS) is 1. The average Bonchev–Trinajstić information content (AvgIpc) is 2.96. The molecule has 0 unspecified atom stereocenters. The third-order valence-corrected chi connectivity index (χ3v) is 5.25. The summed E-state index contributed by atoms with van der Waals surface area (Å²) in [6.45, 7) is 2.63. The predicted octanol–water partition coefficient (Wildman–Crippen LogP) is 4.65. The molecule has 2 aromatic rings. The number of benzene rings is 2. The maximum absolute atomic E-state index is 10.7. The molecule has 1 aliphatic heterocycles. The molecular weight excluding hydrogens is 326 g/mol. The smallest absolute Gasteiger partial charge is 0.450 e. The second-order valence-electron chi connectivity index (χ2n) is 6.95. The molecule has 4 rings (SSSR count). The first kappa shape index (κ1) is 16.9. The number of carbonyl (C=O) groups is 1. The highest BCUT2D eigenvalue weighted by Crippen LogP contribution is 2.43. The normalized spacial score (nSPS) is 18.9. The summed E-state index contributed by atoms with van der Waals surface area (Å²) in [6, 6.07) is 17.1. The lowest BCUT2D eigenvalue weighted by atomic mass is 10.0. The minimum absolute atomic E-state index is 0.193. The first-order valence-electron chi connectivity index (χ1n) is 9.23. The zero-order valence-electron chi connectivity index (χ0n) is 14.7. The Morgan fingerprint density at radius 3 is 2.31 bits per heavy atom. The van der Waals surface area contributed by atoms with Crippen LogP contribution >= 0.6 is 0 Å². The summed E-state index contributed by atoms with van der Waals surface area (Å²) in [4.78, 5) is 13.1.